The lowest BCUT2D eigenvalue weighted by Gasteiger charge is -2.02. The van der Waals surface area contributed by atoms with Gasteiger partial charge in [0, 0.05) is 11.8 Å². The molecule has 94 valence electrons. The molecule has 0 unspecified atom stereocenters. The van der Waals surface area contributed by atoms with Gasteiger partial charge in [-0.2, -0.15) is 5.10 Å². The Kier molecular flexibility index (Phi) is 2.92. The van der Waals surface area contributed by atoms with Crippen LogP contribution in [0.3, 0.4) is 0 Å². The zero-order valence-corrected chi connectivity index (χ0v) is 11.2. The topological polar surface area (TPSA) is 17.8 Å². The molecule has 1 aromatic heterocycles. The molecule has 0 atom stereocenters. The van der Waals surface area contributed by atoms with Crippen molar-refractivity contribution in [2.75, 3.05) is 0 Å². The van der Waals surface area contributed by atoms with Crippen LogP contribution in [0.5, 0.6) is 0 Å². The van der Waals surface area contributed by atoms with Crippen molar-refractivity contribution in [1.82, 2.24) is 9.78 Å². The van der Waals surface area contributed by atoms with Crippen LogP contribution in [0.1, 0.15) is 11.1 Å². The lowest BCUT2D eigenvalue weighted by molar-refractivity contribution is 0.883. The molecule has 0 aliphatic heterocycles. The number of aromatic nitrogens is 2. The predicted octanol–water partition coefficient (Wildman–Crippen LogP) is 4.16. The van der Waals surface area contributed by atoms with Crippen molar-refractivity contribution in [3.63, 3.8) is 0 Å². The van der Waals surface area contributed by atoms with Gasteiger partial charge in [0.05, 0.1) is 11.4 Å². The third kappa shape index (κ3) is 2.43. The van der Waals surface area contributed by atoms with Crippen molar-refractivity contribution in [2.45, 2.75) is 13.8 Å². The minimum absolute atomic E-state index is 1.00. The van der Waals surface area contributed by atoms with Crippen LogP contribution in [0.15, 0.2) is 60.8 Å². The number of benzene rings is 2. The van der Waals surface area contributed by atoms with E-state index in [2.05, 4.69) is 73.5 Å². The van der Waals surface area contributed by atoms with Gasteiger partial charge in [0.25, 0.3) is 0 Å². The van der Waals surface area contributed by atoms with E-state index < -0.39 is 0 Å². The third-order valence-electron chi connectivity index (χ3n) is 3.17. The molecule has 0 fully saturated rings. The van der Waals surface area contributed by atoms with E-state index in [0.29, 0.717) is 0 Å². The van der Waals surface area contributed by atoms with Gasteiger partial charge in [0.1, 0.15) is 0 Å². The number of hydrogen-bond acceptors (Lipinski definition) is 1. The van der Waals surface area contributed by atoms with Crippen LogP contribution < -0.4 is 0 Å². The maximum atomic E-state index is 4.65. The Morgan fingerprint density at radius 1 is 0.842 bits per heavy atom. The van der Waals surface area contributed by atoms with Crippen LogP contribution in [-0.4, -0.2) is 9.78 Å². The fourth-order valence-electron chi connectivity index (χ4n) is 2.20. The fraction of sp³-hybridized carbons (Fsp3) is 0.118. The van der Waals surface area contributed by atoms with E-state index in [1.54, 1.807) is 0 Å². The quantitative estimate of drug-likeness (QED) is 0.666. The van der Waals surface area contributed by atoms with Crippen LogP contribution in [0.25, 0.3) is 16.9 Å². The molecule has 0 aliphatic rings. The molecule has 1 heterocycles. The second-order valence-corrected chi connectivity index (χ2v) is 4.85. The molecule has 2 nitrogen and oxygen atoms in total. The monoisotopic (exact) mass is 248 g/mol. The highest BCUT2D eigenvalue weighted by atomic mass is 15.3. The highest BCUT2D eigenvalue weighted by Crippen LogP contribution is 2.19. The molecule has 0 N–H and O–H groups in total. The first-order valence-corrected chi connectivity index (χ1v) is 6.42. The van der Waals surface area contributed by atoms with Gasteiger partial charge in [0.15, 0.2) is 0 Å². The Morgan fingerprint density at radius 2 is 1.58 bits per heavy atom. The van der Waals surface area contributed by atoms with Crippen LogP contribution >= 0.6 is 0 Å². The summed E-state index contributed by atoms with van der Waals surface area (Å²) in [5, 5.41) is 4.65. The maximum Gasteiger partial charge on any atom is 0.0927 e. The smallest absolute Gasteiger partial charge is 0.0927 e. The lowest BCUT2D eigenvalue weighted by atomic mass is 10.1. The van der Waals surface area contributed by atoms with Gasteiger partial charge in [-0.15, -0.1) is 0 Å². The van der Waals surface area contributed by atoms with Gasteiger partial charge in [-0.3, -0.25) is 0 Å². The van der Waals surface area contributed by atoms with Crippen molar-refractivity contribution in [2.24, 2.45) is 0 Å². The van der Waals surface area contributed by atoms with E-state index in [1.165, 1.54) is 11.1 Å². The summed E-state index contributed by atoms with van der Waals surface area (Å²) in [5.41, 5.74) is 5.75. The molecule has 2 aromatic carbocycles. The van der Waals surface area contributed by atoms with E-state index >= 15 is 0 Å². The van der Waals surface area contributed by atoms with E-state index in [-0.39, 0.29) is 0 Å². The summed E-state index contributed by atoms with van der Waals surface area (Å²) < 4.78 is 1.92. The minimum Gasteiger partial charge on any atom is -0.240 e. The molecule has 2 heteroatoms. The molecule has 0 bridgehead atoms. The Balaban J connectivity index is 2.00. The molecular weight excluding hydrogens is 232 g/mol. The second-order valence-electron chi connectivity index (χ2n) is 4.85. The van der Waals surface area contributed by atoms with E-state index in [9.17, 15) is 0 Å². The number of hydrogen-bond donors (Lipinski definition) is 0. The molecule has 19 heavy (non-hydrogen) atoms. The maximum absolute atomic E-state index is 4.65. The molecule has 0 radical (unpaired) electrons. The van der Waals surface area contributed by atoms with Crippen LogP contribution in [0, 0.1) is 13.8 Å². The number of rotatable bonds is 2. The summed E-state index contributed by atoms with van der Waals surface area (Å²) in [6.45, 7) is 4.19. The normalized spacial score (nSPS) is 10.6. The molecule has 3 aromatic rings. The Labute approximate surface area is 113 Å². The van der Waals surface area contributed by atoms with Gasteiger partial charge in [-0.05, 0) is 43.7 Å². The molecule has 0 amide bonds. The van der Waals surface area contributed by atoms with Crippen molar-refractivity contribution >= 4 is 0 Å². The summed E-state index contributed by atoms with van der Waals surface area (Å²) in [4.78, 5) is 0. The first kappa shape index (κ1) is 11.7. The van der Waals surface area contributed by atoms with Crippen LogP contribution in [0.4, 0.5) is 0 Å². The summed E-state index contributed by atoms with van der Waals surface area (Å²) in [6, 6.07) is 18.8. The first-order chi connectivity index (χ1) is 9.22. The van der Waals surface area contributed by atoms with Gasteiger partial charge < -0.3 is 0 Å². The summed E-state index contributed by atoms with van der Waals surface area (Å²) >= 11 is 0. The minimum atomic E-state index is 1.00. The van der Waals surface area contributed by atoms with Crippen molar-refractivity contribution in [3.8, 4) is 16.9 Å². The largest absolute Gasteiger partial charge is 0.240 e. The number of aryl methyl sites for hydroxylation is 2. The predicted molar refractivity (Wildman–Crippen MR) is 78.5 cm³/mol. The Bertz CT molecular complexity index is 651. The van der Waals surface area contributed by atoms with Gasteiger partial charge in [0.2, 0.25) is 0 Å². The first-order valence-electron chi connectivity index (χ1n) is 6.42. The lowest BCUT2D eigenvalue weighted by Crippen LogP contribution is -1.95. The molecule has 3 rings (SSSR count). The van der Waals surface area contributed by atoms with Gasteiger partial charge in [-0.25, -0.2) is 4.68 Å². The van der Waals surface area contributed by atoms with Crippen molar-refractivity contribution in [1.29, 1.82) is 0 Å². The van der Waals surface area contributed by atoms with Gasteiger partial charge in [-0.1, -0.05) is 35.9 Å². The SMILES string of the molecule is Cc1cccc(-c2ccn(-c3cccc(C)c3)n2)c1. The molecule has 0 saturated carbocycles. The summed E-state index contributed by atoms with van der Waals surface area (Å²) in [7, 11) is 0. The molecule has 0 aliphatic carbocycles. The van der Waals surface area contributed by atoms with Gasteiger partial charge >= 0.3 is 0 Å². The van der Waals surface area contributed by atoms with E-state index in [0.717, 1.165) is 16.9 Å². The average molecular weight is 248 g/mol. The fourth-order valence-corrected chi connectivity index (χ4v) is 2.20. The average Bonchev–Trinajstić information content (AvgIpc) is 2.88. The molecule has 0 saturated heterocycles. The van der Waals surface area contributed by atoms with Crippen molar-refractivity contribution < 1.29 is 0 Å². The third-order valence-corrected chi connectivity index (χ3v) is 3.17. The zero-order chi connectivity index (χ0) is 13.2. The van der Waals surface area contributed by atoms with E-state index in [4.69, 9.17) is 0 Å². The van der Waals surface area contributed by atoms with Crippen LogP contribution in [-0.2, 0) is 0 Å². The Morgan fingerprint density at radius 3 is 2.32 bits per heavy atom. The standard InChI is InChI=1S/C17H16N2/c1-13-5-3-7-15(11-13)17-9-10-19(18-17)16-8-4-6-14(2)12-16/h3-12H,1-2H3. The molecular formula is C17H16N2. The second kappa shape index (κ2) is 4.73. The van der Waals surface area contributed by atoms with E-state index in [1.807, 2.05) is 10.9 Å². The summed E-state index contributed by atoms with van der Waals surface area (Å²) in [6.07, 6.45) is 2.01. The highest BCUT2D eigenvalue weighted by Gasteiger charge is 2.04. The van der Waals surface area contributed by atoms with Crippen molar-refractivity contribution in [3.05, 3.63) is 71.9 Å². The van der Waals surface area contributed by atoms with Crippen LogP contribution in [0.2, 0.25) is 0 Å². The highest BCUT2D eigenvalue weighted by molar-refractivity contribution is 5.59. The number of nitrogens with zero attached hydrogens (tertiary/aromatic N) is 2. The summed E-state index contributed by atoms with van der Waals surface area (Å²) in [5.74, 6) is 0. The molecule has 0 spiro atoms. The zero-order valence-electron chi connectivity index (χ0n) is 11.2. The Hall–Kier alpha value is -2.35.